The lowest BCUT2D eigenvalue weighted by molar-refractivity contribution is 0.569. The molecule has 13 heavy (non-hydrogen) atoms. The van der Waals surface area contributed by atoms with Crippen molar-refractivity contribution in [1.29, 1.82) is 0 Å². The van der Waals surface area contributed by atoms with Crippen molar-refractivity contribution in [3.63, 3.8) is 0 Å². The first-order chi connectivity index (χ1) is 5.91. The summed E-state index contributed by atoms with van der Waals surface area (Å²) in [5.74, 6) is 0. The van der Waals surface area contributed by atoms with E-state index in [1.54, 1.807) is 0 Å². The van der Waals surface area contributed by atoms with Gasteiger partial charge in [0.05, 0.1) is 0 Å². The highest BCUT2D eigenvalue weighted by Crippen LogP contribution is 2.22. The zero-order chi connectivity index (χ0) is 10.1. The van der Waals surface area contributed by atoms with E-state index in [1.807, 2.05) is 26.4 Å². The summed E-state index contributed by atoms with van der Waals surface area (Å²) < 4.78 is 0. The fourth-order valence-corrected chi connectivity index (χ4v) is 1.11. The SMILES string of the molecule is CN(C)c1ccnc(C(C)(C)C)c1. The number of aromatic nitrogens is 1. The highest BCUT2D eigenvalue weighted by molar-refractivity contribution is 5.45. The molecular formula is C11H18N2. The lowest BCUT2D eigenvalue weighted by atomic mass is 9.91. The molecule has 0 bridgehead atoms. The number of rotatable bonds is 1. The molecular weight excluding hydrogens is 160 g/mol. The summed E-state index contributed by atoms with van der Waals surface area (Å²) in [6.45, 7) is 6.53. The summed E-state index contributed by atoms with van der Waals surface area (Å²) in [6.07, 6.45) is 1.87. The first-order valence-electron chi connectivity index (χ1n) is 4.55. The van der Waals surface area contributed by atoms with Gasteiger partial charge >= 0.3 is 0 Å². The monoisotopic (exact) mass is 178 g/mol. The maximum Gasteiger partial charge on any atom is 0.0477 e. The second kappa shape index (κ2) is 3.36. The van der Waals surface area contributed by atoms with Crippen molar-refractivity contribution >= 4 is 5.69 Å². The Hall–Kier alpha value is -1.05. The van der Waals surface area contributed by atoms with Gasteiger partial charge in [-0.1, -0.05) is 20.8 Å². The molecule has 2 heteroatoms. The van der Waals surface area contributed by atoms with Crippen molar-refractivity contribution in [2.75, 3.05) is 19.0 Å². The molecule has 0 aliphatic rings. The molecule has 0 fully saturated rings. The number of hydrogen-bond donors (Lipinski definition) is 0. The van der Waals surface area contributed by atoms with Gasteiger partial charge in [-0.15, -0.1) is 0 Å². The molecule has 0 spiro atoms. The highest BCUT2D eigenvalue weighted by Gasteiger charge is 2.15. The minimum absolute atomic E-state index is 0.131. The van der Waals surface area contributed by atoms with E-state index in [0.29, 0.717) is 0 Å². The summed E-state index contributed by atoms with van der Waals surface area (Å²) in [7, 11) is 4.09. The van der Waals surface area contributed by atoms with E-state index in [0.717, 1.165) is 5.69 Å². The van der Waals surface area contributed by atoms with Gasteiger partial charge in [0.2, 0.25) is 0 Å². The molecule has 0 saturated heterocycles. The van der Waals surface area contributed by atoms with Crippen LogP contribution < -0.4 is 4.90 Å². The van der Waals surface area contributed by atoms with Crippen LogP contribution in [0.25, 0.3) is 0 Å². The zero-order valence-corrected chi connectivity index (χ0v) is 9.13. The van der Waals surface area contributed by atoms with Gasteiger partial charge in [0.15, 0.2) is 0 Å². The zero-order valence-electron chi connectivity index (χ0n) is 9.13. The van der Waals surface area contributed by atoms with E-state index in [-0.39, 0.29) is 5.41 Å². The van der Waals surface area contributed by atoms with Gasteiger partial charge < -0.3 is 4.90 Å². The van der Waals surface area contributed by atoms with Crippen molar-refractivity contribution in [3.8, 4) is 0 Å². The molecule has 0 aliphatic heterocycles. The maximum absolute atomic E-state index is 4.37. The third-order valence-corrected chi connectivity index (χ3v) is 2.03. The van der Waals surface area contributed by atoms with Crippen molar-refractivity contribution in [1.82, 2.24) is 4.98 Å². The predicted octanol–water partition coefficient (Wildman–Crippen LogP) is 2.45. The van der Waals surface area contributed by atoms with Crippen LogP contribution in [0.2, 0.25) is 0 Å². The second-order valence-electron chi connectivity index (χ2n) is 4.54. The van der Waals surface area contributed by atoms with E-state index in [2.05, 4.69) is 36.7 Å². The molecule has 0 N–H and O–H groups in total. The molecule has 0 unspecified atom stereocenters. The molecule has 0 aliphatic carbocycles. The first-order valence-corrected chi connectivity index (χ1v) is 4.55. The molecule has 2 nitrogen and oxygen atoms in total. The van der Waals surface area contributed by atoms with Gasteiger partial charge in [0.25, 0.3) is 0 Å². The maximum atomic E-state index is 4.37. The van der Waals surface area contributed by atoms with Crippen LogP contribution in [-0.2, 0) is 5.41 Å². The Morgan fingerprint density at radius 3 is 2.31 bits per heavy atom. The lowest BCUT2D eigenvalue weighted by Crippen LogP contribution is -2.15. The Morgan fingerprint density at radius 1 is 1.23 bits per heavy atom. The first kappa shape index (κ1) is 10.0. The Bertz CT molecular complexity index is 284. The van der Waals surface area contributed by atoms with E-state index >= 15 is 0 Å². The Balaban J connectivity index is 3.06. The van der Waals surface area contributed by atoms with Gasteiger partial charge in [-0.3, -0.25) is 4.98 Å². The average molecular weight is 178 g/mol. The van der Waals surface area contributed by atoms with Gasteiger partial charge in [-0.2, -0.15) is 0 Å². The van der Waals surface area contributed by atoms with Crippen LogP contribution in [-0.4, -0.2) is 19.1 Å². The van der Waals surface area contributed by atoms with Gasteiger partial charge in [-0.05, 0) is 12.1 Å². The summed E-state index contributed by atoms with van der Waals surface area (Å²) in [5, 5.41) is 0. The molecule has 0 atom stereocenters. The number of nitrogens with zero attached hydrogens (tertiary/aromatic N) is 2. The number of anilines is 1. The summed E-state index contributed by atoms with van der Waals surface area (Å²) in [4.78, 5) is 6.46. The molecule has 1 aromatic rings. The number of hydrogen-bond acceptors (Lipinski definition) is 2. The topological polar surface area (TPSA) is 16.1 Å². The van der Waals surface area contributed by atoms with Crippen molar-refractivity contribution in [2.24, 2.45) is 0 Å². The smallest absolute Gasteiger partial charge is 0.0477 e. The summed E-state index contributed by atoms with van der Waals surface area (Å²) in [6, 6.07) is 4.16. The van der Waals surface area contributed by atoms with Crippen molar-refractivity contribution < 1.29 is 0 Å². The van der Waals surface area contributed by atoms with Crippen LogP contribution in [0.5, 0.6) is 0 Å². The average Bonchev–Trinajstić information content (AvgIpc) is 2.03. The van der Waals surface area contributed by atoms with Gasteiger partial charge in [-0.25, -0.2) is 0 Å². The van der Waals surface area contributed by atoms with Crippen LogP contribution in [0, 0.1) is 0 Å². The fraction of sp³-hybridized carbons (Fsp3) is 0.545. The van der Waals surface area contributed by atoms with Crippen LogP contribution in [0.15, 0.2) is 18.3 Å². The van der Waals surface area contributed by atoms with E-state index in [4.69, 9.17) is 0 Å². The molecule has 0 amide bonds. The quantitative estimate of drug-likeness (QED) is 0.656. The summed E-state index contributed by atoms with van der Waals surface area (Å²) >= 11 is 0. The molecule has 0 aromatic carbocycles. The van der Waals surface area contributed by atoms with Gasteiger partial charge in [0.1, 0.15) is 0 Å². The normalized spacial score (nSPS) is 11.5. The van der Waals surface area contributed by atoms with Gasteiger partial charge in [0, 0.05) is 37.1 Å². The summed E-state index contributed by atoms with van der Waals surface area (Å²) in [5.41, 5.74) is 2.48. The third-order valence-electron chi connectivity index (χ3n) is 2.03. The molecule has 1 rings (SSSR count). The molecule has 1 aromatic heterocycles. The number of pyridine rings is 1. The largest absolute Gasteiger partial charge is 0.378 e. The van der Waals surface area contributed by atoms with Crippen LogP contribution in [0.4, 0.5) is 5.69 Å². The van der Waals surface area contributed by atoms with Crippen LogP contribution >= 0.6 is 0 Å². The van der Waals surface area contributed by atoms with Crippen molar-refractivity contribution in [2.45, 2.75) is 26.2 Å². The minimum atomic E-state index is 0.131. The molecule has 0 saturated carbocycles. The second-order valence-corrected chi connectivity index (χ2v) is 4.54. The van der Waals surface area contributed by atoms with E-state index < -0.39 is 0 Å². The van der Waals surface area contributed by atoms with Crippen LogP contribution in [0.1, 0.15) is 26.5 Å². The standard InChI is InChI=1S/C11H18N2/c1-11(2,3)10-8-9(13(4)5)6-7-12-10/h6-8H,1-5H3. The highest BCUT2D eigenvalue weighted by atomic mass is 15.1. The lowest BCUT2D eigenvalue weighted by Gasteiger charge is -2.20. The third kappa shape index (κ3) is 2.44. The fourth-order valence-electron chi connectivity index (χ4n) is 1.11. The predicted molar refractivity (Wildman–Crippen MR) is 57.3 cm³/mol. The Labute approximate surface area is 80.6 Å². The van der Waals surface area contributed by atoms with E-state index in [1.165, 1.54) is 5.69 Å². The van der Waals surface area contributed by atoms with Crippen LogP contribution in [0.3, 0.4) is 0 Å². The minimum Gasteiger partial charge on any atom is -0.378 e. The molecule has 1 heterocycles. The Kier molecular flexibility index (Phi) is 2.60. The molecule has 72 valence electrons. The van der Waals surface area contributed by atoms with E-state index in [9.17, 15) is 0 Å². The van der Waals surface area contributed by atoms with Crippen molar-refractivity contribution in [3.05, 3.63) is 24.0 Å². The molecule has 0 radical (unpaired) electrons. The Morgan fingerprint density at radius 2 is 1.85 bits per heavy atom.